The molecule has 1 amide bonds. The van der Waals surface area contributed by atoms with E-state index in [1.54, 1.807) is 6.92 Å². The third-order valence-electron chi connectivity index (χ3n) is 4.85. The van der Waals surface area contributed by atoms with Crippen LogP contribution in [0, 0.1) is 17.6 Å². The van der Waals surface area contributed by atoms with Gasteiger partial charge in [-0.1, -0.05) is 0 Å². The second-order valence-electron chi connectivity index (χ2n) is 7.12. The zero-order valence-electron chi connectivity index (χ0n) is 16.8. The minimum absolute atomic E-state index is 0.0226. The quantitative estimate of drug-likeness (QED) is 0.382. The van der Waals surface area contributed by atoms with Gasteiger partial charge in [0, 0.05) is 32.0 Å². The number of benzene rings is 1. The Bertz CT molecular complexity index is 722. The Morgan fingerprint density at radius 2 is 1.72 bits per heavy atom. The molecule has 1 fully saturated rings. The molecule has 0 radical (unpaired) electrons. The van der Waals surface area contributed by atoms with Crippen molar-refractivity contribution >= 4 is 17.7 Å². The fourth-order valence-electron chi connectivity index (χ4n) is 3.39. The van der Waals surface area contributed by atoms with Gasteiger partial charge in [-0.15, -0.1) is 0 Å². The molecule has 8 heteroatoms. The first-order valence-electron chi connectivity index (χ1n) is 9.91. The monoisotopic (exact) mass is 411 g/mol. The zero-order valence-corrected chi connectivity index (χ0v) is 16.8. The predicted molar refractivity (Wildman–Crippen MR) is 102 cm³/mol. The molecule has 1 N–H and O–H groups in total. The second kappa shape index (κ2) is 10.9. The van der Waals surface area contributed by atoms with Crippen molar-refractivity contribution < 1.29 is 32.6 Å². The number of ketones is 1. The number of halogens is 2. The van der Waals surface area contributed by atoms with Crippen LogP contribution in [0.2, 0.25) is 0 Å². The van der Waals surface area contributed by atoms with Crippen molar-refractivity contribution in [3.05, 3.63) is 29.3 Å². The van der Waals surface area contributed by atoms with Crippen LogP contribution in [0.4, 0.5) is 8.78 Å². The number of carbonyl (C=O) groups is 3. The maximum atomic E-state index is 14.3. The SMILES string of the molecule is CCOC(=O)C1CCC(Oc2cc(F)c(C(=O)CCCNC(C)=O)c(F)c2)CC1. The van der Waals surface area contributed by atoms with Crippen LogP contribution in [-0.4, -0.2) is 36.9 Å². The van der Waals surface area contributed by atoms with Crippen LogP contribution in [-0.2, 0) is 14.3 Å². The lowest BCUT2D eigenvalue weighted by Crippen LogP contribution is -2.29. The van der Waals surface area contributed by atoms with Gasteiger partial charge in [-0.05, 0) is 39.0 Å². The van der Waals surface area contributed by atoms with Crippen molar-refractivity contribution in [3.63, 3.8) is 0 Å². The lowest BCUT2D eigenvalue weighted by atomic mass is 9.87. The number of hydrogen-bond acceptors (Lipinski definition) is 5. The highest BCUT2D eigenvalue weighted by atomic mass is 19.1. The number of esters is 1. The summed E-state index contributed by atoms with van der Waals surface area (Å²) < 4.78 is 39.4. The van der Waals surface area contributed by atoms with E-state index in [1.165, 1.54) is 6.92 Å². The Balaban J connectivity index is 1.91. The number of ether oxygens (including phenoxy) is 2. The lowest BCUT2D eigenvalue weighted by molar-refractivity contribution is -0.149. The fourth-order valence-corrected chi connectivity index (χ4v) is 3.39. The molecule has 1 saturated carbocycles. The highest BCUT2D eigenvalue weighted by molar-refractivity contribution is 5.96. The Morgan fingerprint density at radius 3 is 2.28 bits per heavy atom. The highest BCUT2D eigenvalue weighted by Gasteiger charge is 2.28. The molecule has 0 aromatic heterocycles. The topological polar surface area (TPSA) is 81.7 Å². The molecule has 1 aromatic carbocycles. The van der Waals surface area contributed by atoms with Crippen molar-refractivity contribution in [3.8, 4) is 5.75 Å². The number of amides is 1. The van der Waals surface area contributed by atoms with Crippen molar-refractivity contribution in [2.24, 2.45) is 5.92 Å². The summed E-state index contributed by atoms with van der Waals surface area (Å²) >= 11 is 0. The van der Waals surface area contributed by atoms with Gasteiger partial charge in [0.1, 0.15) is 17.4 Å². The summed E-state index contributed by atoms with van der Waals surface area (Å²) in [5.41, 5.74) is -0.591. The number of nitrogens with one attached hydrogen (secondary N) is 1. The van der Waals surface area contributed by atoms with Crippen LogP contribution >= 0.6 is 0 Å². The van der Waals surface area contributed by atoms with E-state index in [9.17, 15) is 23.2 Å². The van der Waals surface area contributed by atoms with Gasteiger partial charge in [-0.3, -0.25) is 14.4 Å². The van der Waals surface area contributed by atoms with Crippen LogP contribution in [0.5, 0.6) is 5.75 Å². The predicted octanol–water partition coefficient (Wildman–Crippen LogP) is 3.56. The summed E-state index contributed by atoms with van der Waals surface area (Å²) in [6.45, 7) is 3.71. The first kappa shape index (κ1) is 22.8. The molecule has 0 saturated heterocycles. The molecule has 6 nitrogen and oxygen atoms in total. The average Bonchev–Trinajstić information content (AvgIpc) is 2.65. The summed E-state index contributed by atoms with van der Waals surface area (Å²) in [5.74, 6) is -3.19. The van der Waals surface area contributed by atoms with E-state index >= 15 is 0 Å². The van der Waals surface area contributed by atoms with Gasteiger partial charge in [0.15, 0.2) is 5.78 Å². The van der Waals surface area contributed by atoms with E-state index in [1.807, 2.05) is 0 Å². The van der Waals surface area contributed by atoms with Crippen molar-refractivity contribution in [2.45, 2.75) is 58.5 Å². The first-order chi connectivity index (χ1) is 13.8. The summed E-state index contributed by atoms with van der Waals surface area (Å²) in [6, 6.07) is 2.03. The highest BCUT2D eigenvalue weighted by Crippen LogP contribution is 2.30. The van der Waals surface area contributed by atoms with Crippen LogP contribution in [0.15, 0.2) is 12.1 Å². The Labute approximate surface area is 168 Å². The largest absolute Gasteiger partial charge is 0.490 e. The summed E-state index contributed by atoms with van der Waals surface area (Å²) in [6.07, 6.45) is 2.32. The Hall–Kier alpha value is -2.51. The van der Waals surface area contributed by atoms with Crippen molar-refractivity contribution in [2.75, 3.05) is 13.2 Å². The standard InChI is InChI=1S/C21H27F2NO5/c1-3-28-21(27)14-6-8-15(9-7-14)29-16-11-17(22)20(18(23)12-16)19(26)5-4-10-24-13(2)25/h11-12,14-15H,3-10H2,1-2H3,(H,24,25). The zero-order chi connectivity index (χ0) is 21.4. The summed E-state index contributed by atoms with van der Waals surface area (Å²) in [5, 5.41) is 2.53. The van der Waals surface area contributed by atoms with Gasteiger partial charge in [0.05, 0.1) is 24.2 Å². The molecule has 29 heavy (non-hydrogen) atoms. The molecule has 1 aliphatic rings. The Kier molecular flexibility index (Phi) is 8.54. The smallest absolute Gasteiger partial charge is 0.308 e. The molecule has 0 spiro atoms. The third kappa shape index (κ3) is 6.80. The van der Waals surface area contributed by atoms with E-state index in [0.717, 1.165) is 12.1 Å². The van der Waals surface area contributed by atoms with Gasteiger partial charge in [0.2, 0.25) is 5.91 Å². The molecule has 0 atom stereocenters. The average molecular weight is 411 g/mol. The minimum Gasteiger partial charge on any atom is -0.490 e. The van der Waals surface area contributed by atoms with Crippen LogP contribution < -0.4 is 10.1 Å². The molecular formula is C21H27F2NO5. The van der Waals surface area contributed by atoms with Crippen LogP contribution in [0.25, 0.3) is 0 Å². The molecule has 0 unspecified atom stereocenters. The molecule has 1 aromatic rings. The van der Waals surface area contributed by atoms with E-state index in [4.69, 9.17) is 9.47 Å². The Morgan fingerprint density at radius 1 is 1.10 bits per heavy atom. The molecule has 1 aliphatic carbocycles. The van der Waals surface area contributed by atoms with E-state index in [-0.39, 0.29) is 42.6 Å². The molecule has 160 valence electrons. The van der Waals surface area contributed by atoms with Gasteiger partial charge in [-0.25, -0.2) is 8.78 Å². The van der Waals surface area contributed by atoms with Gasteiger partial charge < -0.3 is 14.8 Å². The van der Waals surface area contributed by atoms with Crippen molar-refractivity contribution in [1.82, 2.24) is 5.32 Å². The molecule has 2 rings (SSSR count). The van der Waals surface area contributed by atoms with Crippen molar-refractivity contribution in [1.29, 1.82) is 0 Å². The number of Topliss-reactive ketones (excluding diaryl/α,β-unsaturated/α-hetero) is 1. The minimum atomic E-state index is -0.968. The number of carbonyl (C=O) groups excluding carboxylic acids is 3. The fraction of sp³-hybridized carbons (Fsp3) is 0.571. The van der Waals surface area contributed by atoms with Crippen LogP contribution in [0.3, 0.4) is 0 Å². The molecule has 0 bridgehead atoms. The molecule has 0 aliphatic heterocycles. The molecular weight excluding hydrogens is 384 g/mol. The molecule has 0 heterocycles. The maximum absolute atomic E-state index is 14.3. The van der Waals surface area contributed by atoms with Gasteiger partial charge in [0.25, 0.3) is 0 Å². The van der Waals surface area contributed by atoms with Gasteiger partial charge >= 0.3 is 5.97 Å². The van der Waals surface area contributed by atoms with Crippen LogP contribution in [0.1, 0.15) is 62.7 Å². The van der Waals surface area contributed by atoms with E-state index < -0.39 is 23.0 Å². The normalized spacial score (nSPS) is 18.8. The first-order valence-corrected chi connectivity index (χ1v) is 9.91. The second-order valence-corrected chi connectivity index (χ2v) is 7.12. The number of rotatable bonds is 9. The summed E-state index contributed by atoms with van der Waals surface area (Å²) in [4.78, 5) is 34.7. The van der Waals surface area contributed by atoms with Gasteiger partial charge in [-0.2, -0.15) is 0 Å². The number of hydrogen-bond donors (Lipinski definition) is 1. The maximum Gasteiger partial charge on any atom is 0.308 e. The third-order valence-corrected chi connectivity index (χ3v) is 4.85. The van der Waals surface area contributed by atoms with E-state index in [2.05, 4.69) is 5.32 Å². The lowest BCUT2D eigenvalue weighted by Gasteiger charge is -2.27. The van der Waals surface area contributed by atoms with E-state index in [0.29, 0.717) is 38.7 Å². The summed E-state index contributed by atoms with van der Waals surface area (Å²) in [7, 11) is 0.